The molecular formula is C26H32O8. The number of furan rings is 1. The van der Waals surface area contributed by atoms with Gasteiger partial charge in [-0.3, -0.25) is 4.79 Å². The van der Waals surface area contributed by atoms with Crippen LogP contribution in [0.1, 0.15) is 65.0 Å². The van der Waals surface area contributed by atoms with Crippen molar-refractivity contribution in [3.63, 3.8) is 0 Å². The van der Waals surface area contributed by atoms with E-state index < -0.39 is 45.8 Å². The Labute approximate surface area is 198 Å². The van der Waals surface area contributed by atoms with E-state index in [-0.39, 0.29) is 42.9 Å². The molecule has 7 rings (SSSR count). The molecule has 5 heterocycles. The maximum Gasteiger partial charge on any atom is 0.339 e. The first-order valence-corrected chi connectivity index (χ1v) is 12.4. The minimum absolute atomic E-state index is 0.0318. The summed E-state index contributed by atoms with van der Waals surface area (Å²) in [6.45, 7) is 8.63. The Morgan fingerprint density at radius 2 is 1.85 bits per heavy atom. The summed E-state index contributed by atoms with van der Waals surface area (Å²) in [5.41, 5.74) is -2.27. The van der Waals surface area contributed by atoms with Crippen LogP contribution in [-0.4, -0.2) is 53.2 Å². The third-order valence-electron chi connectivity index (χ3n) is 11.0. The third-order valence-corrected chi connectivity index (χ3v) is 11.0. The van der Waals surface area contributed by atoms with E-state index in [2.05, 4.69) is 27.7 Å². The molecule has 8 nitrogen and oxygen atoms in total. The van der Waals surface area contributed by atoms with Gasteiger partial charge in [0.25, 0.3) is 0 Å². The molecule has 0 radical (unpaired) electrons. The van der Waals surface area contributed by atoms with Crippen molar-refractivity contribution in [2.45, 2.75) is 89.0 Å². The van der Waals surface area contributed by atoms with E-state index in [1.54, 1.807) is 12.5 Å². The topological polar surface area (TPSA) is 108 Å². The molecule has 10 atom stereocenters. The predicted molar refractivity (Wildman–Crippen MR) is 115 cm³/mol. The highest BCUT2D eigenvalue weighted by Crippen LogP contribution is 2.80. The van der Waals surface area contributed by atoms with Gasteiger partial charge in [0.2, 0.25) is 0 Å². The minimum Gasteiger partial charge on any atom is -0.472 e. The molecule has 2 aliphatic carbocycles. The van der Waals surface area contributed by atoms with Crippen LogP contribution in [0.2, 0.25) is 0 Å². The smallest absolute Gasteiger partial charge is 0.339 e. The molecule has 184 valence electrons. The second-order valence-electron chi connectivity index (χ2n) is 12.4. The molecule has 0 aromatic carbocycles. The molecule has 34 heavy (non-hydrogen) atoms. The van der Waals surface area contributed by atoms with E-state index in [0.29, 0.717) is 6.42 Å². The van der Waals surface area contributed by atoms with Crippen LogP contribution < -0.4 is 0 Å². The summed E-state index contributed by atoms with van der Waals surface area (Å²) in [5.74, 6) is -0.625. The van der Waals surface area contributed by atoms with Crippen molar-refractivity contribution in [1.29, 1.82) is 0 Å². The molecule has 1 N–H and O–H groups in total. The van der Waals surface area contributed by atoms with E-state index >= 15 is 0 Å². The van der Waals surface area contributed by atoms with Crippen molar-refractivity contribution >= 4 is 11.9 Å². The van der Waals surface area contributed by atoms with Crippen molar-refractivity contribution in [3.05, 3.63) is 24.2 Å². The number of esters is 2. The van der Waals surface area contributed by atoms with Crippen LogP contribution in [0, 0.1) is 28.1 Å². The van der Waals surface area contributed by atoms with Gasteiger partial charge in [0.05, 0.1) is 36.8 Å². The summed E-state index contributed by atoms with van der Waals surface area (Å²) in [5, 5.41) is 11.9. The number of rotatable bonds is 1. The fraction of sp³-hybridized carbons (Fsp3) is 0.769. The molecule has 1 aromatic rings. The minimum atomic E-state index is -0.877. The number of hydrogen-bond acceptors (Lipinski definition) is 8. The van der Waals surface area contributed by atoms with Gasteiger partial charge in [-0.2, -0.15) is 0 Å². The number of carbonyl (C=O) groups is 2. The molecule has 1 aromatic heterocycles. The Morgan fingerprint density at radius 3 is 2.59 bits per heavy atom. The van der Waals surface area contributed by atoms with E-state index in [1.807, 2.05) is 6.07 Å². The van der Waals surface area contributed by atoms with Crippen molar-refractivity contribution in [3.8, 4) is 0 Å². The first-order chi connectivity index (χ1) is 16.0. The van der Waals surface area contributed by atoms with E-state index in [1.165, 1.54) is 0 Å². The van der Waals surface area contributed by atoms with Crippen LogP contribution in [-0.2, 0) is 28.5 Å². The zero-order chi connectivity index (χ0) is 23.9. The van der Waals surface area contributed by atoms with Gasteiger partial charge in [-0.25, -0.2) is 4.79 Å². The first-order valence-electron chi connectivity index (χ1n) is 12.4. The van der Waals surface area contributed by atoms with Crippen molar-refractivity contribution in [2.24, 2.45) is 28.1 Å². The summed E-state index contributed by atoms with van der Waals surface area (Å²) in [6.07, 6.45) is 3.27. The van der Waals surface area contributed by atoms with Crippen LogP contribution in [0.15, 0.2) is 23.0 Å². The lowest BCUT2D eigenvalue weighted by Crippen LogP contribution is -2.73. The number of ether oxygens (including phenoxy) is 4. The second-order valence-corrected chi connectivity index (χ2v) is 12.4. The Bertz CT molecular complexity index is 1080. The fourth-order valence-corrected chi connectivity index (χ4v) is 9.62. The SMILES string of the molecule is CC1(C)O[C@H]2CC(=O)OC[C@]23[C@H]2CC[C@@]4(C)[C@H](c5ccoc5)OC(=O)[C@@H]5O[C@]54[C@]2(C)[C@H](O)C[C@@H]13. The lowest BCUT2D eigenvalue weighted by molar-refractivity contribution is -0.261. The third kappa shape index (κ3) is 2.07. The lowest BCUT2D eigenvalue weighted by atomic mass is 9.36. The predicted octanol–water partition coefficient (Wildman–Crippen LogP) is 2.93. The summed E-state index contributed by atoms with van der Waals surface area (Å²) in [7, 11) is 0. The molecule has 6 fully saturated rings. The molecule has 2 spiro atoms. The Balaban J connectivity index is 1.40. The Morgan fingerprint density at radius 1 is 1.06 bits per heavy atom. The molecule has 8 heteroatoms. The van der Waals surface area contributed by atoms with Crippen LogP contribution in [0.25, 0.3) is 0 Å². The Hall–Kier alpha value is -1.90. The highest BCUT2D eigenvalue weighted by molar-refractivity contribution is 5.82. The number of carbonyl (C=O) groups excluding carboxylic acids is 2. The number of aliphatic hydroxyl groups is 1. The number of fused-ring (bicyclic) bond motifs is 1. The van der Waals surface area contributed by atoms with Gasteiger partial charge in [0.1, 0.15) is 18.3 Å². The quantitative estimate of drug-likeness (QED) is 0.491. The Kier molecular flexibility index (Phi) is 3.82. The normalized spacial score (nSPS) is 54.5. The van der Waals surface area contributed by atoms with Gasteiger partial charge >= 0.3 is 11.9 Å². The number of epoxide rings is 1. The monoisotopic (exact) mass is 472 g/mol. The van der Waals surface area contributed by atoms with Crippen molar-refractivity contribution in [1.82, 2.24) is 0 Å². The molecule has 4 saturated heterocycles. The van der Waals surface area contributed by atoms with Crippen LogP contribution in [0.5, 0.6) is 0 Å². The molecule has 4 aliphatic heterocycles. The molecule has 0 bridgehead atoms. The number of hydrogen-bond donors (Lipinski definition) is 1. The van der Waals surface area contributed by atoms with E-state index in [0.717, 1.165) is 18.4 Å². The standard InChI is InChI=1S/C26H32O8/c1-22(2)15-9-16(27)24(4)14(25(15)12-31-18(28)10-17(25)33-22)5-7-23(3)19(13-6-8-30-11-13)32-21(29)20-26(23,24)34-20/h6,8,11,14-17,19-20,27H,5,7,9-10,12H2,1-4H3/t14-,15-,16+,17-,19-,20-,23-,24-,25+,26+/m0/s1. The lowest BCUT2D eigenvalue weighted by Gasteiger charge is -2.67. The summed E-state index contributed by atoms with van der Waals surface area (Å²) in [4.78, 5) is 25.5. The summed E-state index contributed by atoms with van der Waals surface area (Å²) in [6, 6.07) is 1.84. The van der Waals surface area contributed by atoms with Crippen LogP contribution in [0.4, 0.5) is 0 Å². The molecule has 0 amide bonds. The zero-order valence-corrected chi connectivity index (χ0v) is 20.0. The molecule has 6 aliphatic rings. The summed E-state index contributed by atoms with van der Waals surface area (Å²) < 4.78 is 30.0. The number of aliphatic hydroxyl groups excluding tert-OH is 1. The van der Waals surface area contributed by atoms with Crippen molar-refractivity contribution < 1.29 is 38.1 Å². The average Bonchev–Trinajstić information content (AvgIpc) is 3.26. The number of cyclic esters (lactones) is 2. The highest BCUT2D eigenvalue weighted by atomic mass is 16.7. The largest absolute Gasteiger partial charge is 0.472 e. The maximum atomic E-state index is 13.2. The molecular weight excluding hydrogens is 440 g/mol. The van der Waals surface area contributed by atoms with Gasteiger partial charge in [-0.05, 0) is 45.1 Å². The van der Waals surface area contributed by atoms with Gasteiger partial charge in [0.15, 0.2) is 6.10 Å². The first kappa shape index (κ1) is 21.4. The van der Waals surface area contributed by atoms with Crippen LogP contribution in [0.3, 0.4) is 0 Å². The molecule has 0 unspecified atom stereocenters. The van der Waals surface area contributed by atoms with E-state index in [9.17, 15) is 14.7 Å². The summed E-state index contributed by atoms with van der Waals surface area (Å²) >= 11 is 0. The maximum absolute atomic E-state index is 13.2. The van der Waals surface area contributed by atoms with Gasteiger partial charge in [0, 0.05) is 27.7 Å². The van der Waals surface area contributed by atoms with E-state index in [4.69, 9.17) is 23.4 Å². The van der Waals surface area contributed by atoms with Crippen molar-refractivity contribution in [2.75, 3.05) is 6.61 Å². The molecule has 2 saturated carbocycles. The van der Waals surface area contributed by atoms with Crippen LogP contribution >= 0.6 is 0 Å². The fourth-order valence-electron chi connectivity index (χ4n) is 9.62. The second kappa shape index (κ2) is 6.08. The van der Waals surface area contributed by atoms with Gasteiger partial charge in [-0.15, -0.1) is 0 Å². The van der Waals surface area contributed by atoms with Gasteiger partial charge in [-0.1, -0.05) is 13.8 Å². The zero-order valence-electron chi connectivity index (χ0n) is 20.0. The average molecular weight is 473 g/mol. The van der Waals surface area contributed by atoms with Gasteiger partial charge < -0.3 is 28.5 Å². The highest BCUT2D eigenvalue weighted by Gasteiger charge is 2.89.